The fourth-order valence-electron chi connectivity index (χ4n) is 4.94. The molecule has 0 spiro atoms. The standard InChI is InChI=1S/C23H30F3N5O/c1-14-12-30(13-15(2)31(14)22(32)23(24,25)26)21-10-3-16-11-19(8-9-20(16)29-21)28-18-6-4-17(27)5-7-18/h3,8-11,14-15,17-18,28H,4-7,12-13,27H2,1-2H3. The van der Waals surface area contributed by atoms with Crippen LogP contribution in [0, 0.1) is 0 Å². The van der Waals surface area contributed by atoms with Crippen LogP contribution in [0.1, 0.15) is 39.5 Å². The Morgan fingerprint density at radius 1 is 1.06 bits per heavy atom. The topological polar surface area (TPSA) is 74.5 Å². The second-order valence-corrected chi connectivity index (χ2v) is 9.15. The molecule has 1 saturated heterocycles. The van der Waals surface area contributed by atoms with Crippen molar-refractivity contribution in [1.29, 1.82) is 0 Å². The zero-order chi connectivity index (χ0) is 23.0. The maximum Gasteiger partial charge on any atom is 0.471 e. The lowest BCUT2D eigenvalue weighted by molar-refractivity contribution is -0.190. The van der Waals surface area contributed by atoms with Crippen molar-refractivity contribution in [1.82, 2.24) is 9.88 Å². The van der Waals surface area contributed by atoms with Crippen molar-refractivity contribution in [2.45, 2.75) is 69.9 Å². The fourth-order valence-corrected chi connectivity index (χ4v) is 4.94. The minimum atomic E-state index is -4.86. The second-order valence-electron chi connectivity index (χ2n) is 9.15. The van der Waals surface area contributed by atoms with Crippen molar-refractivity contribution >= 4 is 28.3 Å². The van der Waals surface area contributed by atoms with E-state index in [-0.39, 0.29) is 0 Å². The summed E-state index contributed by atoms with van der Waals surface area (Å²) in [4.78, 5) is 19.4. The average molecular weight is 450 g/mol. The summed E-state index contributed by atoms with van der Waals surface area (Å²) in [5.41, 5.74) is 7.87. The van der Waals surface area contributed by atoms with E-state index in [4.69, 9.17) is 10.7 Å². The molecule has 2 fully saturated rings. The van der Waals surface area contributed by atoms with Crippen LogP contribution < -0.4 is 16.0 Å². The minimum Gasteiger partial charge on any atom is -0.382 e. The number of nitrogens with one attached hydrogen (secondary N) is 1. The van der Waals surface area contributed by atoms with Gasteiger partial charge >= 0.3 is 12.1 Å². The quantitative estimate of drug-likeness (QED) is 0.743. The van der Waals surface area contributed by atoms with E-state index in [1.807, 2.05) is 29.2 Å². The molecule has 1 aromatic heterocycles. The number of amides is 1. The zero-order valence-electron chi connectivity index (χ0n) is 18.4. The molecule has 174 valence electrons. The van der Waals surface area contributed by atoms with Gasteiger partial charge in [0, 0.05) is 48.3 Å². The number of alkyl halides is 3. The molecule has 2 atom stereocenters. The van der Waals surface area contributed by atoms with Crippen LogP contribution in [-0.4, -0.2) is 59.2 Å². The monoisotopic (exact) mass is 449 g/mol. The van der Waals surface area contributed by atoms with Gasteiger partial charge in [-0.3, -0.25) is 4.79 Å². The molecule has 2 aliphatic rings. The van der Waals surface area contributed by atoms with Gasteiger partial charge in [0.2, 0.25) is 0 Å². The van der Waals surface area contributed by atoms with E-state index >= 15 is 0 Å². The summed E-state index contributed by atoms with van der Waals surface area (Å²) in [6.45, 7) is 3.88. The number of piperazine rings is 1. The highest BCUT2D eigenvalue weighted by Gasteiger charge is 2.47. The number of hydrogen-bond donors (Lipinski definition) is 2. The number of benzene rings is 1. The van der Waals surface area contributed by atoms with Crippen molar-refractivity contribution < 1.29 is 18.0 Å². The van der Waals surface area contributed by atoms with Crippen LogP contribution in [0.5, 0.6) is 0 Å². The number of halogens is 3. The number of anilines is 2. The minimum absolute atomic E-state index is 0.300. The molecule has 9 heteroatoms. The number of carbonyl (C=O) groups excluding carboxylic acids is 1. The Labute approximate surface area is 185 Å². The third kappa shape index (κ3) is 4.77. The molecule has 1 amide bonds. The fraction of sp³-hybridized carbons (Fsp3) is 0.565. The number of fused-ring (bicyclic) bond motifs is 1. The van der Waals surface area contributed by atoms with Gasteiger partial charge in [0.15, 0.2) is 0 Å². The van der Waals surface area contributed by atoms with Gasteiger partial charge in [-0.15, -0.1) is 0 Å². The van der Waals surface area contributed by atoms with Crippen molar-refractivity contribution in [3.63, 3.8) is 0 Å². The van der Waals surface area contributed by atoms with Crippen LogP contribution >= 0.6 is 0 Å². The van der Waals surface area contributed by atoms with Gasteiger partial charge in [0.25, 0.3) is 0 Å². The lowest BCUT2D eigenvalue weighted by atomic mass is 9.91. The zero-order valence-corrected chi connectivity index (χ0v) is 18.4. The molecule has 1 aliphatic heterocycles. The summed E-state index contributed by atoms with van der Waals surface area (Å²) in [6, 6.07) is 9.54. The molecule has 0 radical (unpaired) electrons. The second kappa shape index (κ2) is 8.77. The van der Waals surface area contributed by atoms with E-state index in [1.165, 1.54) is 0 Å². The lowest BCUT2D eigenvalue weighted by Gasteiger charge is -2.45. The van der Waals surface area contributed by atoms with Gasteiger partial charge in [-0.25, -0.2) is 4.98 Å². The molecular weight excluding hydrogens is 419 g/mol. The average Bonchev–Trinajstić information content (AvgIpc) is 2.73. The molecule has 2 unspecified atom stereocenters. The third-order valence-corrected chi connectivity index (χ3v) is 6.54. The molecule has 32 heavy (non-hydrogen) atoms. The molecule has 1 aromatic carbocycles. The summed E-state index contributed by atoms with van der Waals surface area (Å²) in [6.07, 6.45) is -0.657. The molecule has 2 aromatic rings. The highest BCUT2D eigenvalue weighted by molar-refractivity contribution is 5.84. The Hall–Kier alpha value is -2.55. The molecule has 2 heterocycles. The number of nitrogens with zero attached hydrogens (tertiary/aromatic N) is 3. The van der Waals surface area contributed by atoms with Gasteiger partial charge in [-0.05, 0) is 69.9 Å². The molecule has 1 saturated carbocycles. The lowest BCUT2D eigenvalue weighted by Crippen LogP contribution is -2.61. The predicted octanol–water partition coefficient (Wildman–Crippen LogP) is 3.90. The van der Waals surface area contributed by atoms with Crippen molar-refractivity contribution in [3.8, 4) is 0 Å². The number of pyridine rings is 1. The first kappa shape index (κ1) is 22.6. The van der Waals surface area contributed by atoms with Gasteiger partial charge in [-0.2, -0.15) is 13.2 Å². The van der Waals surface area contributed by atoms with Crippen LogP contribution in [0.3, 0.4) is 0 Å². The largest absolute Gasteiger partial charge is 0.471 e. The molecule has 0 bridgehead atoms. The Kier molecular flexibility index (Phi) is 6.20. The first-order valence-electron chi connectivity index (χ1n) is 11.2. The van der Waals surface area contributed by atoms with E-state index in [2.05, 4.69) is 11.4 Å². The SMILES string of the molecule is CC1CN(c2ccc3cc(NC4CCC(N)CC4)ccc3n2)CC(C)N1C(=O)C(F)(F)F. The summed E-state index contributed by atoms with van der Waals surface area (Å²) in [7, 11) is 0. The van der Waals surface area contributed by atoms with Gasteiger partial charge in [0.05, 0.1) is 5.52 Å². The van der Waals surface area contributed by atoms with Crippen molar-refractivity contribution in [3.05, 3.63) is 30.3 Å². The maximum absolute atomic E-state index is 12.9. The Bertz CT molecular complexity index is 962. The van der Waals surface area contributed by atoms with Crippen molar-refractivity contribution in [2.75, 3.05) is 23.3 Å². The highest BCUT2D eigenvalue weighted by atomic mass is 19.4. The number of aromatic nitrogens is 1. The Balaban J connectivity index is 1.46. The Morgan fingerprint density at radius 3 is 2.34 bits per heavy atom. The summed E-state index contributed by atoms with van der Waals surface area (Å²) in [5.74, 6) is -1.07. The van der Waals surface area contributed by atoms with Crippen LogP contribution in [0.2, 0.25) is 0 Å². The smallest absolute Gasteiger partial charge is 0.382 e. The van der Waals surface area contributed by atoms with Crippen LogP contribution in [0.25, 0.3) is 10.9 Å². The summed E-state index contributed by atoms with van der Waals surface area (Å²) >= 11 is 0. The van der Waals surface area contributed by atoms with E-state index in [0.29, 0.717) is 31.0 Å². The Morgan fingerprint density at radius 2 is 1.72 bits per heavy atom. The maximum atomic E-state index is 12.9. The first-order valence-corrected chi connectivity index (χ1v) is 11.2. The van der Waals surface area contributed by atoms with E-state index in [1.54, 1.807) is 13.8 Å². The predicted molar refractivity (Wildman–Crippen MR) is 120 cm³/mol. The van der Waals surface area contributed by atoms with Gasteiger partial charge in [-0.1, -0.05) is 0 Å². The highest BCUT2D eigenvalue weighted by Crippen LogP contribution is 2.29. The molecule has 4 rings (SSSR count). The molecule has 1 aliphatic carbocycles. The third-order valence-electron chi connectivity index (χ3n) is 6.54. The van der Waals surface area contributed by atoms with E-state index in [9.17, 15) is 18.0 Å². The summed E-state index contributed by atoms with van der Waals surface area (Å²) < 4.78 is 38.8. The van der Waals surface area contributed by atoms with E-state index in [0.717, 1.165) is 47.2 Å². The summed E-state index contributed by atoms with van der Waals surface area (Å²) in [5, 5.41) is 4.59. The molecule has 3 N–H and O–H groups in total. The van der Waals surface area contributed by atoms with E-state index < -0.39 is 24.2 Å². The number of nitrogens with two attached hydrogens (primary N) is 1. The molecule has 6 nitrogen and oxygen atoms in total. The van der Waals surface area contributed by atoms with Crippen LogP contribution in [-0.2, 0) is 4.79 Å². The first-order chi connectivity index (χ1) is 15.1. The van der Waals surface area contributed by atoms with Crippen LogP contribution in [0.15, 0.2) is 30.3 Å². The number of hydrogen-bond acceptors (Lipinski definition) is 5. The van der Waals surface area contributed by atoms with Gasteiger partial charge < -0.3 is 20.9 Å². The van der Waals surface area contributed by atoms with Gasteiger partial charge in [0.1, 0.15) is 5.82 Å². The van der Waals surface area contributed by atoms with Crippen LogP contribution in [0.4, 0.5) is 24.7 Å². The number of carbonyl (C=O) groups is 1. The normalized spacial score (nSPS) is 26.9. The number of rotatable bonds is 3. The van der Waals surface area contributed by atoms with Crippen molar-refractivity contribution in [2.24, 2.45) is 5.73 Å². The molecular formula is C23H30F3N5O.